The first-order chi connectivity index (χ1) is 8.49. The number of nitrogens with two attached hydrogens (primary N) is 1. The van der Waals surface area contributed by atoms with Gasteiger partial charge in [0.05, 0.1) is 0 Å². The van der Waals surface area contributed by atoms with Crippen LogP contribution >= 0.6 is 15.9 Å². The molecule has 2 N–H and O–H groups in total. The summed E-state index contributed by atoms with van der Waals surface area (Å²) in [6.45, 7) is 3.99. The predicted molar refractivity (Wildman–Crippen MR) is 77.3 cm³/mol. The van der Waals surface area contributed by atoms with Crippen LogP contribution in [0.5, 0.6) is 0 Å². The summed E-state index contributed by atoms with van der Waals surface area (Å²) in [4.78, 5) is 16.2. The molecule has 1 heterocycles. The van der Waals surface area contributed by atoms with Crippen LogP contribution in [0.25, 0.3) is 0 Å². The zero-order valence-electron chi connectivity index (χ0n) is 11.0. The molecule has 0 saturated carbocycles. The Bertz CT molecular complexity index is 376. The SMILES string of the molecule is CC(N)CCCC(C)C(=O)Cc1ccc(Br)cn1. The number of hydrogen-bond donors (Lipinski definition) is 1. The van der Waals surface area contributed by atoms with Crippen LogP contribution in [-0.2, 0) is 11.2 Å². The van der Waals surface area contributed by atoms with Crippen LogP contribution < -0.4 is 5.73 Å². The van der Waals surface area contributed by atoms with Crippen LogP contribution in [0, 0.1) is 5.92 Å². The molecule has 100 valence electrons. The van der Waals surface area contributed by atoms with E-state index in [0.717, 1.165) is 29.4 Å². The van der Waals surface area contributed by atoms with Crippen molar-refractivity contribution in [2.75, 3.05) is 0 Å². The fourth-order valence-corrected chi connectivity index (χ4v) is 2.01. The maximum absolute atomic E-state index is 12.0. The van der Waals surface area contributed by atoms with E-state index < -0.39 is 0 Å². The van der Waals surface area contributed by atoms with Crippen LogP contribution in [-0.4, -0.2) is 16.8 Å². The van der Waals surface area contributed by atoms with Gasteiger partial charge in [-0.15, -0.1) is 0 Å². The molecular formula is C14H21BrN2O. The summed E-state index contributed by atoms with van der Waals surface area (Å²) in [6, 6.07) is 4.02. The average molecular weight is 313 g/mol. The molecule has 1 aromatic heterocycles. The van der Waals surface area contributed by atoms with Gasteiger partial charge in [-0.05, 0) is 47.8 Å². The molecule has 0 aliphatic heterocycles. The van der Waals surface area contributed by atoms with Crippen LogP contribution in [0.15, 0.2) is 22.8 Å². The molecule has 2 unspecified atom stereocenters. The number of carbonyl (C=O) groups is 1. The lowest BCUT2D eigenvalue weighted by Gasteiger charge is -2.11. The molecule has 1 aromatic rings. The van der Waals surface area contributed by atoms with E-state index in [1.807, 2.05) is 26.0 Å². The third kappa shape index (κ3) is 5.74. The van der Waals surface area contributed by atoms with E-state index in [1.165, 1.54) is 0 Å². The van der Waals surface area contributed by atoms with Crippen LogP contribution in [0.3, 0.4) is 0 Å². The molecule has 0 aliphatic carbocycles. The average Bonchev–Trinajstić information content (AvgIpc) is 2.31. The molecule has 0 bridgehead atoms. The third-order valence-electron chi connectivity index (χ3n) is 2.99. The van der Waals surface area contributed by atoms with Gasteiger partial charge in [-0.2, -0.15) is 0 Å². The van der Waals surface area contributed by atoms with Gasteiger partial charge in [-0.25, -0.2) is 0 Å². The van der Waals surface area contributed by atoms with Crippen molar-refractivity contribution in [1.29, 1.82) is 0 Å². The van der Waals surface area contributed by atoms with Crippen LogP contribution in [0.2, 0.25) is 0 Å². The second kappa shape index (κ2) is 7.64. The second-order valence-corrected chi connectivity index (χ2v) is 5.84. The number of carbonyl (C=O) groups excluding carboxylic acids is 1. The fraction of sp³-hybridized carbons (Fsp3) is 0.571. The van der Waals surface area contributed by atoms with Crippen molar-refractivity contribution in [2.24, 2.45) is 11.7 Å². The minimum Gasteiger partial charge on any atom is -0.328 e. The standard InChI is InChI=1S/C14H21BrN2O/c1-10(4-3-5-11(2)16)14(18)8-13-7-6-12(15)9-17-13/h6-7,9-11H,3-5,8,16H2,1-2H3. The lowest BCUT2D eigenvalue weighted by molar-refractivity contribution is -0.122. The van der Waals surface area contributed by atoms with Crippen molar-refractivity contribution in [3.05, 3.63) is 28.5 Å². The Balaban J connectivity index is 2.37. The molecule has 2 atom stereocenters. The van der Waals surface area contributed by atoms with Crippen molar-refractivity contribution in [3.63, 3.8) is 0 Å². The van der Waals surface area contributed by atoms with Crippen molar-refractivity contribution in [3.8, 4) is 0 Å². The number of halogens is 1. The first-order valence-electron chi connectivity index (χ1n) is 6.37. The summed E-state index contributed by atoms with van der Waals surface area (Å²) < 4.78 is 0.934. The maximum atomic E-state index is 12.0. The van der Waals surface area contributed by atoms with Gasteiger partial charge in [0.2, 0.25) is 0 Å². The van der Waals surface area contributed by atoms with E-state index >= 15 is 0 Å². The Morgan fingerprint density at radius 3 is 2.67 bits per heavy atom. The van der Waals surface area contributed by atoms with Gasteiger partial charge < -0.3 is 5.73 Å². The highest BCUT2D eigenvalue weighted by atomic mass is 79.9. The molecule has 0 amide bonds. The molecule has 0 saturated heterocycles. The topological polar surface area (TPSA) is 56.0 Å². The molecule has 0 radical (unpaired) electrons. The summed E-state index contributed by atoms with van der Waals surface area (Å²) >= 11 is 3.33. The van der Waals surface area contributed by atoms with Gasteiger partial charge in [0.15, 0.2) is 0 Å². The molecule has 3 nitrogen and oxygen atoms in total. The molecule has 0 aliphatic rings. The normalized spacial score (nSPS) is 14.2. The van der Waals surface area contributed by atoms with Gasteiger partial charge in [0.25, 0.3) is 0 Å². The van der Waals surface area contributed by atoms with E-state index in [1.54, 1.807) is 6.20 Å². The van der Waals surface area contributed by atoms with Gasteiger partial charge in [0.1, 0.15) is 5.78 Å². The largest absolute Gasteiger partial charge is 0.328 e. The molecule has 0 spiro atoms. The molecule has 4 heteroatoms. The predicted octanol–water partition coefficient (Wildman–Crippen LogP) is 3.11. The summed E-state index contributed by atoms with van der Waals surface area (Å²) in [7, 11) is 0. The van der Waals surface area contributed by atoms with E-state index in [4.69, 9.17) is 5.73 Å². The lowest BCUT2D eigenvalue weighted by Crippen LogP contribution is -2.17. The number of Topliss-reactive ketones (excluding diaryl/α,β-unsaturated/α-hetero) is 1. The van der Waals surface area contributed by atoms with Crippen molar-refractivity contribution in [2.45, 2.75) is 45.6 Å². The number of hydrogen-bond acceptors (Lipinski definition) is 3. The highest BCUT2D eigenvalue weighted by molar-refractivity contribution is 9.10. The number of nitrogens with zero attached hydrogens (tertiary/aromatic N) is 1. The molecule has 18 heavy (non-hydrogen) atoms. The highest BCUT2D eigenvalue weighted by Gasteiger charge is 2.14. The van der Waals surface area contributed by atoms with Gasteiger partial charge >= 0.3 is 0 Å². The fourth-order valence-electron chi connectivity index (χ4n) is 1.77. The molecule has 1 rings (SSSR count). The summed E-state index contributed by atoms with van der Waals surface area (Å²) in [5.74, 6) is 0.351. The summed E-state index contributed by atoms with van der Waals surface area (Å²) in [5, 5.41) is 0. The Morgan fingerprint density at radius 1 is 1.39 bits per heavy atom. The van der Waals surface area contributed by atoms with Crippen LogP contribution in [0.1, 0.15) is 38.8 Å². The number of rotatable bonds is 7. The maximum Gasteiger partial charge on any atom is 0.141 e. The quantitative estimate of drug-likeness (QED) is 0.841. The Labute approximate surface area is 117 Å². The zero-order chi connectivity index (χ0) is 13.5. The Morgan fingerprint density at radius 2 is 2.11 bits per heavy atom. The first-order valence-corrected chi connectivity index (χ1v) is 7.17. The van der Waals surface area contributed by atoms with Gasteiger partial charge in [-0.1, -0.05) is 13.3 Å². The van der Waals surface area contributed by atoms with Crippen LogP contribution in [0.4, 0.5) is 0 Å². The highest BCUT2D eigenvalue weighted by Crippen LogP contribution is 2.14. The second-order valence-electron chi connectivity index (χ2n) is 4.92. The third-order valence-corrected chi connectivity index (χ3v) is 3.46. The summed E-state index contributed by atoms with van der Waals surface area (Å²) in [6.07, 6.45) is 5.05. The van der Waals surface area contributed by atoms with Crippen molar-refractivity contribution in [1.82, 2.24) is 4.98 Å². The zero-order valence-corrected chi connectivity index (χ0v) is 12.6. The van der Waals surface area contributed by atoms with Crippen molar-refractivity contribution >= 4 is 21.7 Å². The minimum absolute atomic E-state index is 0.0918. The Hall–Kier alpha value is -0.740. The molecule has 0 aromatic carbocycles. The minimum atomic E-state index is 0.0918. The monoisotopic (exact) mass is 312 g/mol. The molecular weight excluding hydrogens is 292 g/mol. The van der Waals surface area contributed by atoms with E-state index in [0.29, 0.717) is 6.42 Å². The van der Waals surface area contributed by atoms with Crippen molar-refractivity contribution < 1.29 is 4.79 Å². The first kappa shape index (κ1) is 15.3. The molecule has 0 fully saturated rings. The smallest absolute Gasteiger partial charge is 0.141 e. The van der Waals surface area contributed by atoms with E-state index in [2.05, 4.69) is 20.9 Å². The van der Waals surface area contributed by atoms with E-state index in [-0.39, 0.29) is 17.7 Å². The summed E-state index contributed by atoms with van der Waals surface area (Å²) in [5.41, 5.74) is 6.53. The Kier molecular flexibility index (Phi) is 6.50. The van der Waals surface area contributed by atoms with E-state index in [9.17, 15) is 4.79 Å². The van der Waals surface area contributed by atoms with Gasteiger partial charge in [-0.3, -0.25) is 9.78 Å². The number of aromatic nitrogens is 1. The van der Waals surface area contributed by atoms with Gasteiger partial charge in [0, 0.05) is 34.7 Å². The number of pyridine rings is 1. The lowest BCUT2D eigenvalue weighted by atomic mass is 9.95. The number of ketones is 1.